The molecule has 2 aliphatic heterocycles. The van der Waals surface area contributed by atoms with Gasteiger partial charge in [0.2, 0.25) is 0 Å². The van der Waals surface area contributed by atoms with Gasteiger partial charge in [0.05, 0.1) is 23.8 Å². The van der Waals surface area contributed by atoms with Gasteiger partial charge in [-0.2, -0.15) is 0 Å². The maximum atomic E-state index is 13.0. The molecule has 0 atom stereocenters. The Morgan fingerprint density at radius 1 is 1.26 bits per heavy atom. The molecule has 1 aromatic rings. The third kappa shape index (κ3) is 2.46. The van der Waals surface area contributed by atoms with E-state index in [1.165, 1.54) is 12.1 Å². The third-order valence-corrected chi connectivity index (χ3v) is 5.81. The molecule has 0 aromatic heterocycles. The zero-order valence-corrected chi connectivity index (χ0v) is 13.9. The van der Waals surface area contributed by atoms with E-state index in [2.05, 4.69) is 0 Å². The van der Waals surface area contributed by atoms with Crippen LogP contribution in [0.25, 0.3) is 0 Å². The largest absolute Gasteiger partial charge is 0.338 e. The monoisotopic (exact) mass is 357 g/mol. The first-order valence-corrected chi connectivity index (χ1v) is 9.92. The number of hydrogen-bond acceptors (Lipinski definition) is 5. The minimum atomic E-state index is -3.89. The number of amides is 1. The van der Waals surface area contributed by atoms with Gasteiger partial charge in [-0.3, -0.25) is 4.79 Å². The fourth-order valence-electron chi connectivity index (χ4n) is 3.12. The first kappa shape index (κ1) is 15.4. The molecule has 1 saturated heterocycles. The molecule has 1 aliphatic carbocycles. The molecule has 124 valence electrons. The molecule has 0 radical (unpaired) electrons. The van der Waals surface area contributed by atoms with E-state index < -0.39 is 14.8 Å². The molecule has 1 aromatic carbocycles. The van der Waals surface area contributed by atoms with E-state index in [0.29, 0.717) is 43.3 Å². The van der Waals surface area contributed by atoms with Crippen LogP contribution < -0.4 is 4.90 Å². The van der Waals surface area contributed by atoms with Crippen LogP contribution in [0.2, 0.25) is 0 Å². The molecular formula is C15H16ClNO5S. The smallest absolute Gasteiger partial charge is 0.292 e. The van der Waals surface area contributed by atoms with Crippen LogP contribution in [0.15, 0.2) is 23.1 Å². The average Bonchev–Trinajstić information content (AvgIpc) is 3.32. The Labute approximate surface area is 138 Å². The third-order valence-electron chi connectivity index (χ3n) is 4.46. The lowest BCUT2D eigenvalue weighted by atomic mass is 10.1. The molecule has 1 saturated carbocycles. The number of benzene rings is 1. The Bertz CT molecular complexity index is 768. The van der Waals surface area contributed by atoms with Crippen LogP contribution >= 0.6 is 10.7 Å². The lowest BCUT2D eigenvalue weighted by molar-refractivity contribution is -0.256. The van der Waals surface area contributed by atoms with Crippen LogP contribution in [0.3, 0.4) is 0 Å². The zero-order chi connectivity index (χ0) is 16.2. The van der Waals surface area contributed by atoms with Crippen LogP contribution in [-0.2, 0) is 29.1 Å². The Hall–Kier alpha value is -1.15. The van der Waals surface area contributed by atoms with E-state index in [4.69, 9.17) is 20.2 Å². The van der Waals surface area contributed by atoms with Gasteiger partial charge >= 0.3 is 0 Å². The molecule has 6 nitrogen and oxygen atoms in total. The van der Waals surface area contributed by atoms with Crippen molar-refractivity contribution in [3.05, 3.63) is 23.8 Å². The van der Waals surface area contributed by atoms with Crippen LogP contribution in [0.4, 0.5) is 5.69 Å². The van der Waals surface area contributed by atoms with Crippen molar-refractivity contribution in [2.24, 2.45) is 5.92 Å². The Morgan fingerprint density at radius 2 is 1.96 bits per heavy atom. The average molecular weight is 358 g/mol. The number of hydrogen-bond donors (Lipinski definition) is 0. The lowest BCUT2D eigenvalue weighted by Gasteiger charge is -2.32. The highest BCUT2D eigenvalue weighted by Crippen LogP contribution is 2.47. The number of anilines is 1. The summed E-state index contributed by atoms with van der Waals surface area (Å²) in [6.45, 7) is 1.38. The van der Waals surface area contributed by atoms with Crippen molar-refractivity contribution in [2.75, 3.05) is 24.7 Å². The van der Waals surface area contributed by atoms with Gasteiger partial charge in [0.1, 0.15) is 0 Å². The topological polar surface area (TPSA) is 72.9 Å². The number of carbonyl (C=O) groups excluding carboxylic acids is 1. The molecule has 0 N–H and O–H groups in total. The van der Waals surface area contributed by atoms with Crippen molar-refractivity contribution in [3.8, 4) is 0 Å². The van der Waals surface area contributed by atoms with Crippen molar-refractivity contribution >= 4 is 31.3 Å². The quantitative estimate of drug-likeness (QED) is 0.773. The van der Waals surface area contributed by atoms with Crippen LogP contribution in [0.1, 0.15) is 24.8 Å². The minimum absolute atomic E-state index is 0.0591. The lowest BCUT2D eigenvalue weighted by Crippen LogP contribution is -2.47. The van der Waals surface area contributed by atoms with Gasteiger partial charge in [0.15, 0.2) is 0 Å². The van der Waals surface area contributed by atoms with Crippen LogP contribution in [-0.4, -0.2) is 34.1 Å². The van der Waals surface area contributed by atoms with Gasteiger partial charge in [-0.15, -0.1) is 0 Å². The van der Waals surface area contributed by atoms with Gasteiger partial charge < -0.3 is 14.4 Å². The number of fused-ring (bicyclic) bond motifs is 2. The number of ether oxygens (including phenoxy) is 2. The summed E-state index contributed by atoms with van der Waals surface area (Å²) in [5.74, 6) is -1.31. The molecule has 0 unspecified atom stereocenters. The molecule has 4 rings (SSSR count). The summed E-state index contributed by atoms with van der Waals surface area (Å²) in [6, 6.07) is 4.42. The highest BCUT2D eigenvalue weighted by molar-refractivity contribution is 8.13. The maximum absolute atomic E-state index is 13.0. The molecule has 2 fully saturated rings. The maximum Gasteiger partial charge on any atom is 0.292 e. The predicted octanol–water partition coefficient (Wildman–Crippen LogP) is 1.96. The van der Waals surface area contributed by atoms with Gasteiger partial charge in [-0.1, -0.05) is 0 Å². The highest BCUT2D eigenvalue weighted by atomic mass is 35.7. The van der Waals surface area contributed by atoms with E-state index in [0.717, 1.165) is 12.8 Å². The van der Waals surface area contributed by atoms with Crippen molar-refractivity contribution in [1.29, 1.82) is 0 Å². The van der Waals surface area contributed by atoms with Gasteiger partial charge in [0.25, 0.3) is 20.7 Å². The van der Waals surface area contributed by atoms with Crippen LogP contribution in [0, 0.1) is 5.92 Å². The second kappa shape index (κ2) is 5.17. The molecule has 2 heterocycles. The molecule has 8 heteroatoms. The second-order valence-electron chi connectivity index (χ2n) is 6.14. The molecule has 23 heavy (non-hydrogen) atoms. The minimum Gasteiger partial charge on any atom is -0.338 e. The van der Waals surface area contributed by atoms with Gasteiger partial charge in [-0.05, 0) is 43.4 Å². The summed E-state index contributed by atoms with van der Waals surface area (Å²) in [6.07, 6.45) is 2.89. The zero-order valence-electron chi connectivity index (χ0n) is 12.3. The van der Waals surface area contributed by atoms with E-state index >= 15 is 0 Å². The standard InChI is InChI=1S/C15H16ClNO5S/c16-23(19,20)11-4-5-13-12(8-11)15(21-6-1-7-22-15)14(18)17(13)9-10-2-3-10/h4-5,8,10H,1-3,6-7,9H2. The Morgan fingerprint density at radius 3 is 2.57 bits per heavy atom. The van der Waals surface area contributed by atoms with Crippen molar-refractivity contribution in [3.63, 3.8) is 0 Å². The molecule has 1 amide bonds. The fourth-order valence-corrected chi connectivity index (χ4v) is 3.90. The van der Waals surface area contributed by atoms with Crippen LogP contribution in [0.5, 0.6) is 0 Å². The second-order valence-corrected chi connectivity index (χ2v) is 8.71. The summed E-state index contributed by atoms with van der Waals surface area (Å²) < 4.78 is 34.7. The van der Waals surface area contributed by atoms with Gasteiger partial charge in [-0.25, -0.2) is 8.42 Å². The summed E-state index contributed by atoms with van der Waals surface area (Å²) in [7, 11) is 1.55. The Balaban J connectivity index is 1.85. The first-order valence-electron chi connectivity index (χ1n) is 7.61. The predicted molar refractivity (Wildman–Crippen MR) is 82.8 cm³/mol. The summed E-state index contributed by atoms with van der Waals surface area (Å²) in [4.78, 5) is 14.6. The van der Waals surface area contributed by atoms with E-state index in [-0.39, 0.29) is 10.8 Å². The SMILES string of the molecule is O=C1N(CC2CC2)c2ccc(S(=O)(=O)Cl)cc2C12OCCCO2. The van der Waals surface area contributed by atoms with Crippen molar-refractivity contribution in [2.45, 2.75) is 29.9 Å². The van der Waals surface area contributed by atoms with Crippen molar-refractivity contribution < 1.29 is 22.7 Å². The normalized spacial score (nSPS) is 23.3. The van der Waals surface area contributed by atoms with Gasteiger partial charge in [0, 0.05) is 22.8 Å². The van der Waals surface area contributed by atoms with Crippen molar-refractivity contribution in [1.82, 2.24) is 0 Å². The van der Waals surface area contributed by atoms with E-state index in [1.807, 2.05) is 0 Å². The first-order chi connectivity index (χ1) is 10.9. The molecule has 3 aliphatic rings. The molecular weight excluding hydrogens is 342 g/mol. The van der Waals surface area contributed by atoms with E-state index in [1.54, 1.807) is 11.0 Å². The number of carbonyl (C=O) groups is 1. The molecule has 0 bridgehead atoms. The highest BCUT2D eigenvalue weighted by Gasteiger charge is 2.55. The summed E-state index contributed by atoms with van der Waals surface area (Å²) in [5.41, 5.74) is 1.08. The summed E-state index contributed by atoms with van der Waals surface area (Å²) in [5, 5.41) is 0. The fraction of sp³-hybridized carbons (Fsp3) is 0.533. The Kier molecular flexibility index (Phi) is 3.46. The summed E-state index contributed by atoms with van der Waals surface area (Å²) >= 11 is 0. The number of halogens is 1. The number of rotatable bonds is 3. The molecule has 1 spiro atoms. The number of nitrogens with zero attached hydrogens (tertiary/aromatic N) is 1. The van der Waals surface area contributed by atoms with E-state index in [9.17, 15) is 13.2 Å².